The Kier molecular flexibility index (Phi) is 5.66. The summed E-state index contributed by atoms with van der Waals surface area (Å²) < 4.78 is 22.3. The fraction of sp³-hybridized carbons (Fsp3) is 0.240. The number of nitrogens with two attached hydrogens (primary N) is 1. The van der Waals surface area contributed by atoms with E-state index in [4.69, 9.17) is 10.2 Å². The highest BCUT2D eigenvalue weighted by atomic mass is 19.1. The van der Waals surface area contributed by atoms with Gasteiger partial charge in [0.1, 0.15) is 11.6 Å². The number of nitrogens with zero attached hydrogens (tertiary/aromatic N) is 4. The van der Waals surface area contributed by atoms with Crippen LogP contribution < -0.4 is 11.1 Å². The second kappa shape index (κ2) is 8.73. The van der Waals surface area contributed by atoms with Gasteiger partial charge in [-0.25, -0.2) is 14.2 Å². The predicted octanol–water partition coefficient (Wildman–Crippen LogP) is 2.35. The Labute approximate surface area is 209 Å². The van der Waals surface area contributed by atoms with E-state index in [0.29, 0.717) is 40.5 Å². The molecule has 1 aliphatic heterocycles. The largest absolute Gasteiger partial charge is 0.492 e. The number of nitrogens with one attached hydrogen (secondary N) is 1. The Morgan fingerprint density at radius 1 is 1.35 bits per heavy atom. The van der Waals surface area contributed by atoms with Crippen LogP contribution in [0.2, 0.25) is 0 Å². The number of benzene rings is 1. The highest BCUT2D eigenvalue weighted by Crippen LogP contribution is 2.34. The van der Waals surface area contributed by atoms with Gasteiger partial charge >= 0.3 is 6.03 Å². The molecule has 190 valence electrons. The number of amides is 3. The highest BCUT2D eigenvalue weighted by molar-refractivity contribution is 5.99. The van der Waals surface area contributed by atoms with E-state index in [0.717, 1.165) is 0 Å². The van der Waals surface area contributed by atoms with Crippen molar-refractivity contribution in [3.8, 4) is 17.1 Å². The first-order valence-corrected chi connectivity index (χ1v) is 11.4. The number of fused-ring (bicyclic) bond motifs is 2. The summed E-state index contributed by atoms with van der Waals surface area (Å²) in [7, 11) is 1.66. The highest BCUT2D eigenvalue weighted by Gasteiger charge is 2.43. The van der Waals surface area contributed by atoms with Crippen LogP contribution in [0.25, 0.3) is 22.4 Å². The summed E-state index contributed by atoms with van der Waals surface area (Å²) in [6.07, 6.45) is 2.35. The molecule has 4 N–H and O–H groups in total. The van der Waals surface area contributed by atoms with Crippen LogP contribution in [-0.4, -0.2) is 49.5 Å². The van der Waals surface area contributed by atoms with Crippen LogP contribution in [0, 0.1) is 5.82 Å². The van der Waals surface area contributed by atoms with E-state index >= 15 is 0 Å². The first-order valence-electron chi connectivity index (χ1n) is 11.4. The maximum Gasteiger partial charge on any atom is 0.313 e. The molecular formula is C25H23FN6O5. The molecule has 0 bridgehead atoms. The molecule has 1 atom stereocenters. The van der Waals surface area contributed by atoms with E-state index in [9.17, 15) is 23.9 Å². The maximum absolute atomic E-state index is 14.9. The van der Waals surface area contributed by atoms with Crippen molar-refractivity contribution in [1.29, 1.82) is 0 Å². The summed E-state index contributed by atoms with van der Waals surface area (Å²) in [6, 6.07) is 6.98. The minimum Gasteiger partial charge on any atom is -0.492 e. The number of aromatic nitrogens is 3. The second-order valence-corrected chi connectivity index (χ2v) is 8.91. The van der Waals surface area contributed by atoms with Crippen molar-refractivity contribution in [3.05, 3.63) is 64.8 Å². The van der Waals surface area contributed by atoms with Gasteiger partial charge in [-0.15, -0.1) is 5.10 Å². The SMILES string of the molecule is CCc1ccc2c(c1F)C(=O)N(C[C@](C=O)(NC(N)=O)c1cc3cc(-c4cc(O)nn4C)cnc3o1)C2. The van der Waals surface area contributed by atoms with Crippen LogP contribution in [0.15, 0.2) is 40.9 Å². The molecule has 3 amide bonds. The summed E-state index contributed by atoms with van der Waals surface area (Å²) in [5, 5.41) is 16.5. The molecular weight excluding hydrogens is 483 g/mol. The molecule has 0 fully saturated rings. The number of primary amides is 1. The molecule has 4 heterocycles. The Morgan fingerprint density at radius 3 is 2.78 bits per heavy atom. The molecule has 37 heavy (non-hydrogen) atoms. The zero-order chi connectivity index (χ0) is 26.5. The van der Waals surface area contributed by atoms with Crippen molar-refractivity contribution in [2.24, 2.45) is 12.8 Å². The summed E-state index contributed by atoms with van der Waals surface area (Å²) in [6.45, 7) is 1.47. The molecule has 0 radical (unpaired) electrons. The van der Waals surface area contributed by atoms with E-state index in [1.807, 2.05) is 0 Å². The zero-order valence-corrected chi connectivity index (χ0v) is 20.0. The van der Waals surface area contributed by atoms with Crippen LogP contribution in [-0.2, 0) is 30.3 Å². The third-order valence-corrected chi connectivity index (χ3v) is 6.51. The number of carbonyl (C=O) groups excluding carboxylic acids is 3. The van der Waals surface area contributed by atoms with Gasteiger partial charge in [-0.1, -0.05) is 19.1 Å². The molecule has 0 saturated heterocycles. The van der Waals surface area contributed by atoms with Gasteiger partial charge in [0, 0.05) is 36.8 Å². The summed E-state index contributed by atoms with van der Waals surface area (Å²) >= 11 is 0. The van der Waals surface area contributed by atoms with E-state index in [-0.39, 0.29) is 36.0 Å². The summed E-state index contributed by atoms with van der Waals surface area (Å²) in [5.74, 6) is -1.36. The van der Waals surface area contributed by atoms with Crippen molar-refractivity contribution in [2.45, 2.75) is 25.4 Å². The molecule has 0 saturated carbocycles. The van der Waals surface area contributed by atoms with Crippen LogP contribution >= 0.6 is 0 Å². The molecule has 0 spiro atoms. The lowest BCUT2D eigenvalue weighted by molar-refractivity contribution is -0.114. The number of furan rings is 1. The van der Waals surface area contributed by atoms with Crippen LogP contribution in [0.1, 0.15) is 34.2 Å². The lowest BCUT2D eigenvalue weighted by Crippen LogP contribution is -2.55. The normalized spacial score (nSPS) is 14.6. The molecule has 5 rings (SSSR count). The van der Waals surface area contributed by atoms with Gasteiger partial charge in [-0.2, -0.15) is 0 Å². The minimum absolute atomic E-state index is 0.00715. The number of halogens is 1. The Morgan fingerprint density at radius 2 is 2.14 bits per heavy atom. The van der Waals surface area contributed by atoms with E-state index in [2.05, 4.69) is 15.4 Å². The molecule has 0 aliphatic carbocycles. The monoisotopic (exact) mass is 506 g/mol. The average molecular weight is 506 g/mol. The summed E-state index contributed by atoms with van der Waals surface area (Å²) in [4.78, 5) is 43.2. The molecule has 1 aromatic carbocycles. The third kappa shape index (κ3) is 3.96. The number of aromatic hydroxyl groups is 1. The van der Waals surface area contributed by atoms with Gasteiger partial charge in [0.2, 0.25) is 11.6 Å². The van der Waals surface area contributed by atoms with Crippen molar-refractivity contribution < 1.29 is 28.3 Å². The van der Waals surface area contributed by atoms with Gasteiger partial charge in [0.25, 0.3) is 5.91 Å². The number of carbonyl (C=O) groups is 3. The third-order valence-electron chi connectivity index (χ3n) is 6.51. The van der Waals surface area contributed by atoms with Crippen molar-refractivity contribution in [3.63, 3.8) is 0 Å². The van der Waals surface area contributed by atoms with Gasteiger partial charge in [0.05, 0.1) is 17.8 Å². The first kappa shape index (κ1) is 24.0. The minimum atomic E-state index is -1.86. The van der Waals surface area contributed by atoms with Crippen molar-refractivity contribution >= 4 is 29.3 Å². The topological polar surface area (TPSA) is 157 Å². The van der Waals surface area contributed by atoms with Crippen molar-refractivity contribution in [1.82, 2.24) is 25.0 Å². The van der Waals surface area contributed by atoms with Gasteiger partial charge in [0.15, 0.2) is 11.8 Å². The fourth-order valence-electron chi connectivity index (χ4n) is 4.70. The molecule has 3 aromatic heterocycles. The van der Waals surface area contributed by atoms with E-state index < -0.39 is 23.3 Å². The Bertz CT molecular complexity index is 1580. The average Bonchev–Trinajstić information content (AvgIpc) is 3.53. The standard InChI is InChI=1S/C25H23FN6O5/c1-3-13-4-5-14-10-32(23(35)20(14)21(13)26)11-25(12-33,29-24(27)36)18-7-15-6-16(9-28-22(15)37-18)17-8-19(34)30-31(17)2/h4-9,12H,3,10-11H2,1-2H3,(H,30,34)(H3,27,29,36)/t25-/m1/s1. The Hall–Kier alpha value is -4.74. The number of aldehydes is 1. The zero-order valence-electron chi connectivity index (χ0n) is 20.0. The van der Waals surface area contributed by atoms with Gasteiger partial charge in [-0.05, 0) is 29.7 Å². The molecule has 0 unspecified atom stereocenters. The number of pyridine rings is 1. The number of aryl methyl sites for hydroxylation is 2. The van der Waals surface area contributed by atoms with Crippen LogP contribution in [0.5, 0.6) is 5.88 Å². The fourth-order valence-corrected chi connectivity index (χ4v) is 4.70. The number of hydrogen-bond donors (Lipinski definition) is 3. The first-order chi connectivity index (χ1) is 17.7. The smallest absolute Gasteiger partial charge is 0.313 e. The molecule has 1 aliphatic rings. The maximum atomic E-state index is 14.9. The Balaban J connectivity index is 1.54. The second-order valence-electron chi connectivity index (χ2n) is 8.91. The van der Waals surface area contributed by atoms with Crippen molar-refractivity contribution in [2.75, 3.05) is 6.54 Å². The molecule has 12 heteroatoms. The predicted molar refractivity (Wildman–Crippen MR) is 129 cm³/mol. The number of hydrogen-bond acceptors (Lipinski definition) is 7. The summed E-state index contributed by atoms with van der Waals surface area (Å²) in [5.41, 5.74) is 5.74. The molecule has 11 nitrogen and oxygen atoms in total. The molecule has 4 aromatic rings. The lowest BCUT2D eigenvalue weighted by atomic mass is 9.96. The number of urea groups is 1. The number of rotatable bonds is 7. The van der Waals surface area contributed by atoms with Crippen LogP contribution in [0.3, 0.4) is 0 Å². The van der Waals surface area contributed by atoms with E-state index in [1.165, 1.54) is 27.9 Å². The lowest BCUT2D eigenvalue weighted by Gasteiger charge is -2.30. The van der Waals surface area contributed by atoms with Gasteiger partial charge in [-0.3, -0.25) is 9.48 Å². The quantitative estimate of drug-likeness (QED) is 0.325. The van der Waals surface area contributed by atoms with E-state index in [1.54, 1.807) is 32.2 Å². The van der Waals surface area contributed by atoms with Crippen LogP contribution in [0.4, 0.5) is 9.18 Å². The van der Waals surface area contributed by atoms with Gasteiger partial charge < -0.3 is 30.3 Å².